The zero-order chi connectivity index (χ0) is 19.2. The number of amides is 1. The molecule has 2 fully saturated rings. The van der Waals surface area contributed by atoms with Gasteiger partial charge in [-0.05, 0) is 66.1 Å². The molecular weight excluding hydrogens is 415 g/mol. The van der Waals surface area contributed by atoms with Crippen molar-refractivity contribution in [2.45, 2.75) is 64.7 Å². The van der Waals surface area contributed by atoms with E-state index in [0.717, 1.165) is 64.1 Å². The summed E-state index contributed by atoms with van der Waals surface area (Å²) < 4.78 is 7.69. The summed E-state index contributed by atoms with van der Waals surface area (Å²) in [5.41, 5.74) is 1.33. The van der Waals surface area contributed by atoms with Gasteiger partial charge in [-0.25, -0.2) is 4.68 Å². The monoisotopic (exact) mass is 450 g/mol. The number of aromatic nitrogens is 3. The lowest BCUT2D eigenvalue weighted by atomic mass is 10.1. The zero-order valence-electron chi connectivity index (χ0n) is 17.7. The number of nitrogens with one attached hydrogen (secondary N) is 2. The molecule has 1 aromatic heterocycles. The second-order valence-electron chi connectivity index (χ2n) is 7.93. The highest BCUT2D eigenvalue weighted by molar-refractivity contribution is 5.93. The molecule has 1 amide bonds. The minimum atomic E-state index is -0.110. The summed E-state index contributed by atoms with van der Waals surface area (Å²) >= 11 is 0. The summed E-state index contributed by atoms with van der Waals surface area (Å²) in [5.74, 6) is -0.110. The molecular formula is C19H36Cl2N6O2. The van der Waals surface area contributed by atoms with Gasteiger partial charge in [0.15, 0.2) is 5.69 Å². The highest BCUT2D eigenvalue weighted by Gasteiger charge is 2.23. The van der Waals surface area contributed by atoms with Crippen molar-refractivity contribution in [1.82, 2.24) is 30.5 Å². The highest BCUT2D eigenvalue weighted by atomic mass is 35.5. The first-order chi connectivity index (χ1) is 13.0. The highest BCUT2D eigenvalue weighted by Crippen LogP contribution is 2.20. The van der Waals surface area contributed by atoms with Crippen LogP contribution in [-0.4, -0.2) is 77.3 Å². The molecule has 10 heteroatoms. The van der Waals surface area contributed by atoms with Crippen LogP contribution in [0, 0.1) is 6.92 Å². The maximum atomic E-state index is 12.4. The molecule has 0 aliphatic carbocycles. The lowest BCUT2D eigenvalue weighted by molar-refractivity contribution is -0.0681. The largest absolute Gasteiger partial charge is 0.373 e. The van der Waals surface area contributed by atoms with E-state index in [2.05, 4.69) is 39.7 Å². The molecule has 2 aliphatic rings. The molecule has 0 aromatic carbocycles. The standard InChI is InChI=1S/C19H34N6O2.2ClH/c1-14-12-24(13-15(2)27-14)11-5-4-8-21-19(26)18-16(3)25(23-22-18)17-6-9-20-10-7-17;;/h14-15,17,20H,4-13H2,1-3H3,(H,21,26);2*1H. The van der Waals surface area contributed by atoms with Crippen molar-refractivity contribution in [2.75, 3.05) is 39.3 Å². The van der Waals surface area contributed by atoms with E-state index in [0.29, 0.717) is 30.5 Å². The van der Waals surface area contributed by atoms with Gasteiger partial charge < -0.3 is 15.4 Å². The third-order valence-electron chi connectivity index (χ3n) is 5.48. The fourth-order valence-electron chi connectivity index (χ4n) is 4.16. The van der Waals surface area contributed by atoms with Gasteiger partial charge in [-0.2, -0.15) is 0 Å². The van der Waals surface area contributed by atoms with E-state index in [4.69, 9.17) is 4.74 Å². The van der Waals surface area contributed by atoms with Crippen LogP contribution in [0.25, 0.3) is 0 Å². The quantitative estimate of drug-likeness (QED) is 0.617. The molecule has 2 aliphatic heterocycles. The van der Waals surface area contributed by atoms with Gasteiger partial charge in [0.2, 0.25) is 0 Å². The van der Waals surface area contributed by atoms with Crippen LogP contribution in [0.15, 0.2) is 0 Å². The number of hydrogen-bond acceptors (Lipinski definition) is 6. The van der Waals surface area contributed by atoms with Crippen LogP contribution in [-0.2, 0) is 4.74 Å². The van der Waals surface area contributed by atoms with Gasteiger partial charge in [0.05, 0.1) is 23.9 Å². The van der Waals surface area contributed by atoms with Gasteiger partial charge in [0.1, 0.15) is 0 Å². The van der Waals surface area contributed by atoms with Crippen LogP contribution < -0.4 is 10.6 Å². The molecule has 0 spiro atoms. The Labute approximate surface area is 186 Å². The Hall–Kier alpha value is -0.930. The van der Waals surface area contributed by atoms with E-state index in [9.17, 15) is 4.79 Å². The molecule has 1 aromatic rings. The molecule has 8 nitrogen and oxygen atoms in total. The Morgan fingerprint density at radius 2 is 1.83 bits per heavy atom. The number of hydrogen-bond donors (Lipinski definition) is 2. The third kappa shape index (κ3) is 7.36. The molecule has 0 bridgehead atoms. The average molecular weight is 451 g/mol. The van der Waals surface area contributed by atoms with Crippen LogP contribution in [0.4, 0.5) is 0 Å². The van der Waals surface area contributed by atoms with Gasteiger partial charge in [-0.3, -0.25) is 9.69 Å². The topological polar surface area (TPSA) is 84.3 Å². The maximum Gasteiger partial charge on any atom is 0.273 e. The number of carbonyl (C=O) groups excluding carboxylic acids is 1. The SMILES string of the molecule is Cc1c(C(=O)NCCCCN2CC(C)OC(C)C2)nnn1C1CCNCC1.Cl.Cl. The molecule has 3 rings (SSSR count). The van der Waals surface area contributed by atoms with Crippen LogP contribution in [0.1, 0.15) is 61.8 Å². The number of ether oxygens (including phenoxy) is 1. The second kappa shape index (κ2) is 12.7. The van der Waals surface area contributed by atoms with Crippen molar-refractivity contribution in [3.63, 3.8) is 0 Å². The van der Waals surface area contributed by atoms with Crippen molar-refractivity contribution in [2.24, 2.45) is 0 Å². The van der Waals surface area contributed by atoms with Crippen LogP contribution in [0.2, 0.25) is 0 Å². The van der Waals surface area contributed by atoms with E-state index in [-0.39, 0.29) is 30.7 Å². The van der Waals surface area contributed by atoms with E-state index in [1.807, 2.05) is 11.6 Å². The first-order valence-electron chi connectivity index (χ1n) is 10.3. The van der Waals surface area contributed by atoms with Gasteiger partial charge in [0.25, 0.3) is 5.91 Å². The average Bonchev–Trinajstić information content (AvgIpc) is 3.03. The number of rotatable bonds is 7. The zero-order valence-corrected chi connectivity index (χ0v) is 19.4. The van der Waals surface area contributed by atoms with Crippen molar-refractivity contribution < 1.29 is 9.53 Å². The van der Waals surface area contributed by atoms with Gasteiger partial charge in [-0.1, -0.05) is 5.21 Å². The molecule has 168 valence electrons. The van der Waals surface area contributed by atoms with Crippen molar-refractivity contribution in [1.29, 1.82) is 0 Å². The Bertz CT molecular complexity index is 614. The number of nitrogens with zero attached hydrogens (tertiary/aromatic N) is 4. The summed E-state index contributed by atoms with van der Waals surface area (Å²) in [4.78, 5) is 14.9. The van der Waals surface area contributed by atoms with Crippen molar-refractivity contribution in [3.8, 4) is 0 Å². The van der Waals surface area contributed by atoms with E-state index >= 15 is 0 Å². The molecule has 2 saturated heterocycles. The van der Waals surface area contributed by atoms with Gasteiger partial charge in [0, 0.05) is 19.6 Å². The Balaban J connectivity index is 0.00000210. The van der Waals surface area contributed by atoms with Crippen LogP contribution in [0.3, 0.4) is 0 Å². The fourth-order valence-corrected chi connectivity index (χ4v) is 4.16. The summed E-state index contributed by atoms with van der Waals surface area (Å²) in [6.07, 6.45) is 4.71. The lowest BCUT2D eigenvalue weighted by Crippen LogP contribution is -2.45. The summed E-state index contributed by atoms with van der Waals surface area (Å²) in [7, 11) is 0. The van der Waals surface area contributed by atoms with Crippen molar-refractivity contribution >= 4 is 30.7 Å². The minimum Gasteiger partial charge on any atom is -0.373 e. The summed E-state index contributed by atoms with van der Waals surface area (Å²) in [5, 5.41) is 14.7. The van der Waals surface area contributed by atoms with Crippen molar-refractivity contribution in [3.05, 3.63) is 11.4 Å². The maximum absolute atomic E-state index is 12.4. The Kier molecular flexibility index (Phi) is 11.4. The molecule has 29 heavy (non-hydrogen) atoms. The van der Waals surface area contributed by atoms with Crippen LogP contribution in [0.5, 0.6) is 0 Å². The first kappa shape index (κ1) is 26.1. The molecule has 3 heterocycles. The Morgan fingerprint density at radius 1 is 1.17 bits per heavy atom. The molecule has 0 saturated carbocycles. The van der Waals surface area contributed by atoms with E-state index < -0.39 is 0 Å². The van der Waals surface area contributed by atoms with Gasteiger partial charge in [-0.15, -0.1) is 29.9 Å². The predicted molar refractivity (Wildman–Crippen MR) is 118 cm³/mol. The second-order valence-corrected chi connectivity index (χ2v) is 7.93. The number of halogens is 2. The molecule has 2 unspecified atom stereocenters. The normalized spacial score (nSPS) is 23.1. The predicted octanol–water partition coefficient (Wildman–Crippen LogP) is 1.97. The number of carbonyl (C=O) groups is 1. The molecule has 2 N–H and O–H groups in total. The minimum absolute atomic E-state index is 0. The molecule has 0 radical (unpaired) electrons. The molecule has 2 atom stereocenters. The number of unbranched alkanes of at least 4 members (excludes halogenated alkanes) is 1. The summed E-state index contributed by atoms with van der Waals surface area (Å²) in [6, 6.07) is 0.346. The number of morpholine rings is 1. The summed E-state index contributed by atoms with van der Waals surface area (Å²) in [6.45, 7) is 11.9. The number of piperidine rings is 1. The smallest absolute Gasteiger partial charge is 0.273 e. The third-order valence-corrected chi connectivity index (χ3v) is 5.48. The van der Waals surface area contributed by atoms with E-state index in [1.54, 1.807) is 0 Å². The van der Waals surface area contributed by atoms with Crippen LogP contribution >= 0.6 is 24.8 Å². The van der Waals surface area contributed by atoms with E-state index in [1.165, 1.54) is 0 Å². The van der Waals surface area contributed by atoms with Gasteiger partial charge >= 0.3 is 0 Å². The first-order valence-corrected chi connectivity index (χ1v) is 10.3. The lowest BCUT2D eigenvalue weighted by Gasteiger charge is -2.35. The fraction of sp³-hybridized carbons (Fsp3) is 0.842. The Morgan fingerprint density at radius 3 is 2.48 bits per heavy atom.